The molecule has 1 fully saturated rings. The van der Waals surface area contributed by atoms with Crippen LogP contribution in [0.2, 0.25) is 0 Å². The van der Waals surface area contributed by atoms with E-state index in [1.54, 1.807) is 7.11 Å². The molecule has 1 unspecified atom stereocenters. The molecule has 0 saturated heterocycles. The summed E-state index contributed by atoms with van der Waals surface area (Å²) in [6, 6.07) is 8.95. The molecule has 1 aromatic carbocycles. The van der Waals surface area contributed by atoms with Gasteiger partial charge in [0, 0.05) is 26.2 Å². The Morgan fingerprint density at radius 3 is 2.50 bits per heavy atom. The maximum absolute atomic E-state index is 5.93. The number of nitrogens with two attached hydrogens (primary N) is 1. The molecule has 1 aliphatic carbocycles. The quantitative estimate of drug-likeness (QED) is 0.803. The molecule has 1 aliphatic rings. The zero-order valence-corrected chi connectivity index (χ0v) is 11.4. The molecular weight excluding hydrogens is 224 g/mol. The lowest BCUT2D eigenvalue weighted by Crippen LogP contribution is -2.32. The highest BCUT2D eigenvalue weighted by Gasteiger charge is 2.26. The number of benzene rings is 1. The summed E-state index contributed by atoms with van der Waals surface area (Å²) in [5.41, 5.74) is 8.45. The second-order valence-corrected chi connectivity index (χ2v) is 5.31. The Hall–Kier alpha value is -0.900. The molecule has 0 bridgehead atoms. The summed E-state index contributed by atoms with van der Waals surface area (Å²) in [5.74, 6) is 0.900. The van der Waals surface area contributed by atoms with E-state index in [9.17, 15) is 0 Å². The van der Waals surface area contributed by atoms with Crippen LogP contribution in [0.15, 0.2) is 24.3 Å². The number of hydrogen-bond donors (Lipinski definition) is 1. The SMILES string of the molecule is COCc1ccc(C(CN)N(C)CC2CC2)cc1. The van der Waals surface area contributed by atoms with Crippen LogP contribution in [0.5, 0.6) is 0 Å². The van der Waals surface area contributed by atoms with Gasteiger partial charge in [0.25, 0.3) is 0 Å². The lowest BCUT2D eigenvalue weighted by atomic mass is 10.0. The van der Waals surface area contributed by atoms with E-state index in [1.165, 1.54) is 30.5 Å². The predicted molar refractivity (Wildman–Crippen MR) is 74.3 cm³/mol. The van der Waals surface area contributed by atoms with Gasteiger partial charge in [0.15, 0.2) is 0 Å². The van der Waals surface area contributed by atoms with Gasteiger partial charge < -0.3 is 10.5 Å². The van der Waals surface area contributed by atoms with Gasteiger partial charge in [0.1, 0.15) is 0 Å². The van der Waals surface area contributed by atoms with E-state index < -0.39 is 0 Å². The Kier molecular flexibility index (Phi) is 4.75. The average Bonchev–Trinajstić information content (AvgIpc) is 3.16. The van der Waals surface area contributed by atoms with Gasteiger partial charge in [-0.2, -0.15) is 0 Å². The highest BCUT2D eigenvalue weighted by Crippen LogP contribution is 2.31. The first-order chi connectivity index (χ1) is 8.74. The maximum Gasteiger partial charge on any atom is 0.0713 e. The van der Waals surface area contributed by atoms with E-state index in [1.807, 2.05) is 0 Å². The Bertz CT molecular complexity index is 359. The lowest BCUT2D eigenvalue weighted by Gasteiger charge is -2.27. The van der Waals surface area contributed by atoms with Crippen LogP contribution in [0.25, 0.3) is 0 Å². The molecule has 18 heavy (non-hydrogen) atoms. The Morgan fingerprint density at radius 2 is 2.00 bits per heavy atom. The summed E-state index contributed by atoms with van der Waals surface area (Å²) in [5, 5.41) is 0. The zero-order chi connectivity index (χ0) is 13.0. The van der Waals surface area contributed by atoms with E-state index in [4.69, 9.17) is 10.5 Å². The van der Waals surface area contributed by atoms with Gasteiger partial charge in [-0.15, -0.1) is 0 Å². The minimum Gasteiger partial charge on any atom is -0.380 e. The van der Waals surface area contributed by atoms with Crippen molar-refractivity contribution in [1.82, 2.24) is 4.90 Å². The summed E-state index contributed by atoms with van der Waals surface area (Å²) >= 11 is 0. The molecule has 2 N–H and O–H groups in total. The third-order valence-corrected chi connectivity index (χ3v) is 3.67. The van der Waals surface area contributed by atoms with Crippen LogP contribution in [0, 0.1) is 5.92 Å². The fourth-order valence-corrected chi connectivity index (χ4v) is 2.41. The molecule has 1 atom stereocenters. The van der Waals surface area contributed by atoms with Crippen LogP contribution < -0.4 is 5.73 Å². The van der Waals surface area contributed by atoms with Crippen LogP contribution in [-0.4, -0.2) is 32.1 Å². The molecule has 3 nitrogen and oxygen atoms in total. The molecule has 0 aliphatic heterocycles. The number of nitrogens with zero attached hydrogens (tertiary/aromatic N) is 1. The van der Waals surface area contributed by atoms with Crippen LogP contribution in [-0.2, 0) is 11.3 Å². The average molecular weight is 248 g/mol. The summed E-state index contributed by atoms with van der Waals surface area (Å²) in [6.07, 6.45) is 2.77. The summed E-state index contributed by atoms with van der Waals surface area (Å²) in [4.78, 5) is 2.39. The monoisotopic (exact) mass is 248 g/mol. The van der Waals surface area contributed by atoms with Gasteiger partial charge in [-0.3, -0.25) is 4.90 Å². The van der Waals surface area contributed by atoms with E-state index in [0.717, 1.165) is 5.92 Å². The standard InChI is InChI=1S/C15H24N2O/c1-17(10-12-3-4-12)15(9-16)14-7-5-13(6-8-14)11-18-2/h5-8,12,15H,3-4,9-11,16H2,1-2H3. The number of rotatable bonds is 7. The van der Waals surface area contributed by atoms with Gasteiger partial charge in [-0.05, 0) is 36.9 Å². The van der Waals surface area contributed by atoms with Crippen LogP contribution in [0.1, 0.15) is 30.0 Å². The number of hydrogen-bond acceptors (Lipinski definition) is 3. The van der Waals surface area contributed by atoms with Gasteiger partial charge in [0.05, 0.1) is 6.61 Å². The number of ether oxygens (including phenoxy) is 1. The van der Waals surface area contributed by atoms with Gasteiger partial charge in [-0.1, -0.05) is 24.3 Å². The molecule has 0 aromatic heterocycles. The number of likely N-dealkylation sites (N-methyl/N-ethyl adjacent to an activating group) is 1. The fraction of sp³-hybridized carbons (Fsp3) is 0.600. The van der Waals surface area contributed by atoms with Crippen LogP contribution in [0.4, 0.5) is 0 Å². The Morgan fingerprint density at radius 1 is 1.33 bits per heavy atom. The van der Waals surface area contributed by atoms with E-state index in [0.29, 0.717) is 19.2 Å². The Labute approximate surface area is 110 Å². The second-order valence-electron chi connectivity index (χ2n) is 5.31. The summed E-state index contributed by atoms with van der Waals surface area (Å²) in [6.45, 7) is 2.51. The van der Waals surface area contributed by atoms with Crippen molar-refractivity contribution in [2.24, 2.45) is 11.7 Å². The molecule has 3 heteroatoms. The molecule has 1 saturated carbocycles. The van der Waals surface area contributed by atoms with E-state index in [2.05, 4.69) is 36.2 Å². The lowest BCUT2D eigenvalue weighted by molar-refractivity contribution is 0.185. The number of methoxy groups -OCH3 is 1. The summed E-state index contributed by atoms with van der Waals surface area (Å²) in [7, 11) is 3.90. The van der Waals surface area contributed by atoms with Crippen molar-refractivity contribution in [2.45, 2.75) is 25.5 Å². The first-order valence-electron chi connectivity index (χ1n) is 6.72. The highest BCUT2D eigenvalue weighted by atomic mass is 16.5. The van der Waals surface area contributed by atoms with E-state index in [-0.39, 0.29) is 0 Å². The molecule has 0 amide bonds. The van der Waals surface area contributed by atoms with Crippen molar-refractivity contribution in [3.05, 3.63) is 35.4 Å². The Balaban J connectivity index is 2.01. The second kappa shape index (κ2) is 6.32. The first-order valence-corrected chi connectivity index (χ1v) is 6.72. The minimum absolute atomic E-state index is 0.335. The van der Waals surface area contributed by atoms with Crippen LogP contribution in [0.3, 0.4) is 0 Å². The summed E-state index contributed by atoms with van der Waals surface area (Å²) < 4.78 is 5.13. The molecule has 100 valence electrons. The van der Waals surface area contributed by atoms with E-state index >= 15 is 0 Å². The molecule has 1 aromatic rings. The maximum atomic E-state index is 5.93. The molecule has 0 spiro atoms. The van der Waals surface area contributed by atoms with Crippen molar-refractivity contribution in [2.75, 3.05) is 27.2 Å². The predicted octanol–water partition coefficient (Wildman–Crippen LogP) is 2.17. The van der Waals surface area contributed by atoms with Crippen molar-refractivity contribution in [3.8, 4) is 0 Å². The molecule has 2 rings (SSSR count). The third kappa shape index (κ3) is 3.55. The van der Waals surface area contributed by atoms with Crippen molar-refractivity contribution < 1.29 is 4.74 Å². The zero-order valence-electron chi connectivity index (χ0n) is 11.4. The fourth-order valence-electron chi connectivity index (χ4n) is 2.41. The molecule has 0 heterocycles. The third-order valence-electron chi connectivity index (χ3n) is 3.67. The van der Waals surface area contributed by atoms with Crippen molar-refractivity contribution in [1.29, 1.82) is 0 Å². The van der Waals surface area contributed by atoms with Crippen molar-refractivity contribution in [3.63, 3.8) is 0 Å². The van der Waals surface area contributed by atoms with Crippen molar-refractivity contribution >= 4 is 0 Å². The normalized spacial score (nSPS) is 17.1. The topological polar surface area (TPSA) is 38.5 Å². The van der Waals surface area contributed by atoms with Gasteiger partial charge in [-0.25, -0.2) is 0 Å². The molecular formula is C15H24N2O. The van der Waals surface area contributed by atoms with Gasteiger partial charge in [0.2, 0.25) is 0 Å². The van der Waals surface area contributed by atoms with Crippen LogP contribution >= 0.6 is 0 Å². The highest BCUT2D eigenvalue weighted by molar-refractivity contribution is 5.25. The molecule has 0 radical (unpaired) electrons. The smallest absolute Gasteiger partial charge is 0.0713 e. The minimum atomic E-state index is 0.335. The largest absolute Gasteiger partial charge is 0.380 e. The first kappa shape index (κ1) is 13.5. The van der Waals surface area contributed by atoms with Gasteiger partial charge >= 0.3 is 0 Å².